The van der Waals surface area contributed by atoms with Crippen molar-refractivity contribution in [3.8, 4) is 22.8 Å². The second-order valence-electron chi connectivity index (χ2n) is 5.83. The SMILES string of the molecule is O=C(COCc1cc(-c2ccc3c(c2)OCO3)on1)N1CCCC1. The summed E-state index contributed by atoms with van der Waals surface area (Å²) >= 11 is 0. The van der Waals surface area contributed by atoms with Crippen molar-refractivity contribution in [3.63, 3.8) is 0 Å². The van der Waals surface area contributed by atoms with E-state index < -0.39 is 0 Å². The van der Waals surface area contributed by atoms with E-state index in [1.807, 2.05) is 23.1 Å². The first-order valence-corrected chi connectivity index (χ1v) is 8.01. The zero-order valence-electron chi connectivity index (χ0n) is 13.2. The number of rotatable bonds is 5. The van der Waals surface area contributed by atoms with Gasteiger partial charge in [0.15, 0.2) is 17.3 Å². The largest absolute Gasteiger partial charge is 0.454 e. The van der Waals surface area contributed by atoms with Gasteiger partial charge in [-0.1, -0.05) is 5.16 Å². The van der Waals surface area contributed by atoms with Crippen LogP contribution in [0.5, 0.6) is 11.5 Å². The van der Waals surface area contributed by atoms with Crippen molar-refractivity contribution >= 4 is 5.91 Å². The number of carbonyl (C=O) groups is 1. The predicted molar refractivity (Wildman–Crippen MR) is 83.5 cm³/mol. The number of hydrogen-bond donors (Lipinski definition) is 0. The first kappa shape index (κ1) is 15.0. The van der Waals surface area contributed by atoms with E-state index in [0.29, 0.717) is 17.2 Å². The average Bonchev–Trinajstić information content (AvgIpc) is 3.34. The third-order valence-electron chi connectivity index (χ3n) is 4.15. The predicted octanol–water partition coefficient (Wildman–Crippen LogP) is 2.21. The molecule has 1 aromatic heterocycles. The molecule has 4 rings (SSSR count). The minimum atomic E-state index is 0.0342. The topological polar surface area (TPSA) is 74.0 Å². The van der Waals surface area contributed by atoms with Crippen molar-refractivity contribution in [2.45, 2.75) is 19.4 Å². The third kappa shape index (κ3) is 3.07. The van der Waals surface area contributed by atoms with Gasteiger partial charge in [0.05, 0.1) is 6.61 Å². The summed E-state index contributed by atoms with van der Waals surface area (Å²) in [6, 6.07) is 7.38. The summed E-state index contributed by atoms with van der Waals surface area (Å²) in [4.78, 5) is 13.7. The van der Waals surface area contributed by atoms with Gasteiger partial charge in [0.2, 0.25) is 12.7 Å². The van der Waals surface area contributed by atoms with Crippen LogP contribution in [0.25, 0.3) is 11.3 Å². The Morgan fingerprint density at radius 2 is 2.00 bits per heavy atom. The molecule has 7 nitrogen and oxygen atoms in total. The summed E-state index contributed by atoms with van der Waals surface area (Å²) in [5, 5.41) is 3.98. The fraction of sp³-hybridized carbons (Fsp3) is 0.412. The highest BCUT2D eigenvalue weighted by molar-refractivity contribution is 5.77. The Bertz CT molecular complexity index is 736. The molecule has 1 aromatic carbocycles. The Labute approximate surface area is 139 Å². The number of likely N-dealkylation sites (tertiary alicyclic amines) is 1. The maximum atomic E-state index is 11.9. The molecule has 2 aliphatic heterocycles. The number of amides is 1. The summed E-state index contributed by atoms with van der Waals surface area (Å²) < 4.78 is 21.4. The minimum absolute atomic E-state index is 0.0342. The number of benzene rings is 1. The zero-order chi connectivity index (χ0) is 16.4. The number of hydrogen-bond acceptors (Lipinski definition) is 6. The normalized spacial score (nSPS) is 15.9. The highest BCUT2D eigenvalue weighted by Crippen LogP contribution is 2.36. The van der Waals surface area contributed by atoms with Crippen molar-refractivity contribution in [1.82, 2.24) is 10.1 Å². The van der Waals surface area contributed by atoms with Gasteiger partial charge in [0, 0.05) is 24.7 Å². The lowest BCUT2D eigenvalue weighted by atomic mass is 10.1. The summed E-state index contributed by atoms with van der Waals surface area (Å²) in [7, 11) is 0. The summed E-state index contributed by atoms with van der Waals surface area (Å²) in [5.41, 5.74) is 1.50. The van der Waals surface area contributed by atoms with Crippen LogP contribution < -0.4 is 9.47 Å². The van der Waals surface area contributed by atoms with Crippen LogP contribution in [0.15, 0.2) is 28.8 Å². The maximum Gasteiger partial charge on any atom is 0.248 e. The lowest BCUT2D eigenvalue weighted by Crippen LogP contribution is -2.31. The number of aromatic nitrogens is 1. The molecule has 1 amide bonds. The number of carbonyl (C=O) groups excluding carboxylic acids is 1. The molecule has 0 radical (unpaired) electrons. The first-order valence-electron chi connectivity index (χ1n) is 8.01. The Balaban J connectivity index is 1.34. The third-order valence-corrected chi connectivity index (χ3v) is 4.15. The van der Waals surface area contributed by atoms with E-state index in [2.05, 4.69) is 5.16 Å². The average molecular weight is 330 g/mol. The van der Waals surface area contributed by atoms with Crippen molar-refractivity contribution in [2.24, 2.45) is 0 Å². The van der Waals surface area contributed by atoms with E-state index in [1.54, 1.807) is 6.07 Å². The monoisotopic (exact) mass is 330 g/mol. The van der Waals surface area contributed by atoms with Gasteiger partial charge in [-0.15, -0.1) is 0 Å². The molecule has 0 aliphatic carbocycles. The lowest BCUT2D eigenvalue weighted by molar-refractivity contribution is -0.135. The van der Waals surface area contributed by atoms with E-state index in [-0.39, 0.29) is 25.9 Å². The molecule has 0 atom stereocenters. The van der Waals surface area contributed by atoms with E-state index in [0.717, 1.165) is 37.2 Å². The van der Waals surface area contributed by atoms with Crippen molar-refractivity contribution in [2.75, 3.05) is 26.5 Å². The Kier molecular flexibility index (Phi) is 4.08. The van der Waals surface area contributed by atoms with Crippen LogP contribution in [-0.4, -0.2) is 42.5 Å². The van der Waals surface area contributed by atoms with Crippen molar-refractivity contribution in [3.05, 3.63) is 30.0 Å². The standard InChI is InChI=1S/C17H18N2O5/c20-17(19-5-1-2-6-19)10-21-9-13-8-15(24-18-13)12-3-4-14-16(7-12)23-11-22-14/h3-4,7-8H,1-2,5-6,9-11H2. The van der Waals surface area contributed by atoms with Gasteiger partial charge in [-0.3, -0.25) is 4.79 Å². The molecule has 0 N–H and O–H groups in total. The molecule has 24 heavy (non-hydrogen) atoms. The van der Waals surface area contributed by atoms with Crippen LogP contribution in [0.2, 0.25) is 0 Å². The second kappa shape index (κ2) is 6.52. The zero-order valence-corrected chi connectivity index (χ0v) is 13.2. The van der Waals surface area contributed by atoms with Crippen LogP contribution in [0.4, 0.5) is 0 Å². The molecule has 0 spiro atoms. The smallest absolute Gasteiger partial charge is 0.248 e. The second-order valence-corrected chi connectivity index (χ2v) is 5.83. The van der Waals surface area contributed by atoms with E-state index >= 15 is 0 Å². The van der Waals surface area contributed by atoms with Crippen LogP contribution in [0.3, 0.4) is 0 Å². The highest BCUT2D eigenvalue weighted by atomic mass is 16.7. The Morgan fingerprint density at radius 3 is 2.88 bits per heavy atom. The molecule has 2 aromatic rings. The van der Waals surface area contributed by atoms with Gasteiger partial charge in [-0.25, -0.2) is 0 Å². The fourth-order valence-electron chi connectivity index (χ4n) is 2.87. The molecule has 1 saturated heterocycles. The van der Waals surface area contributed by atoms with Gasteiger partial charge in [0.1, 0.15) is 12.3 Å². The number of fused-ring (bicyclic) bond motifs is 1. The summed E-state index contributed by atoms with van der Waals surface area (Å²) in [6.07, 6.45) is 2.15. The molecule has 0 unspecified atom stereocenters. The molecule has 126 valence electrons. The molecule has 2 aliphatic rings. The number of ether oxygens (including phenoxy) is 3. The Hall–Kier alpha value is -2.54. The lowest BCUT2D eigenvalue weighted by Gasteiger charge is -2.14. The Morgan fingerprint density at radius 1 is 1.17 bits per heavy atom. The minimum Gasteiger partial charge on any atom is -0.454 e. The summed E-state index contributed by atoms with van der Waals surface area (Å²) in [5.74, 6) is 2.07. The molecule has 0 bridgehead atoms. The summed E-state index contributed by atoms with van der Waals surface area (Å²) in [6.45, 7) is 2.22. The van der Waals surface area contributed by atoms with Crippen molar-refractivity contribution in [1.29, 1.82) is 0 Å². The first-order chi connectivity index (χ1) is 11.8. The maximum absolute atomic E-state index is 11.9. The van der Waals surface area contributed by atoms with Crippen LogP contribution in [0, 0.1) is 0 Å². The van der Waals surface area contributed by atoms with Crippen molar-refractivity contribution < 1.29 is 23.5 Å². The van der Waals surface area contributed by atoms with Gasteiger partial charge in [-0.2, -0.15) is 0 Å². The van der Waals surface area contributed by atoms with Gasteiger partial charge >= 0.3 is 0 Å². The van der Waals surface area contributed by atoms with E-state index in [9.17, 15) is 4.79 Å². The highest BCUT2D eigenvalue weighted by Gasteiger charge is 2.18. The molecule has 7 heteroatoms. The van der Waals surface area contributed by atoms with E-state index in [1.165, 1.54) is 0 Å². The van der Waals surface area contributed by atoms with Gasteiger partial charge in [0.25, 0.3) is 0 Å². The fourth-order valence-corrected chi connectivity index (χ4v) is 2.87. The molecular formula is C17H18N2O5. The molecule has 3 heterocycles. The molecule has 1 fully saturated rings. The van der Waals surface area contributed by atoms with Gasteiger partial charge < -0.3 is 23.6 Å². The number of nitrogens with zero attached hydrogens (tertiary/aromatic N) is 2. The van der Waals surface area contributed by atoms with Crippen LogP contribution in [-0.2, 0) is 16.1 Å². The van der Waals surface area contributed by atoms with Crippen LogP contribution in [0.1, 0.15) is 18.5 Å². The van der Waals surface area contributed by atoms with Crippen LogP contribution >= 0.6 is 0 Å². The van der Waals surface area contributed by atoms with E-state index in [4.69, 9.17) is 18.7 Å². The molecular weight excluding hydrogens is 312 g/mol. The quantitative estimate of drug-likeness (QED) is 0.837. The van der Waals surface area contributed by atoms with Gasteiger partial charge in [-0.05, 0) is 31.0 Å². The molecule has 0 saturated carbocycles.